The van der Waals surface area contributed by atoms with Crippen LogP contribution >= 0.6 is 0 Å². The number of aromatic nitrogens is 2. The number of amides is 1. The number of benzene rings is 1. The number of ether oxygens (including phenoxy) is 2. The van der Waals surface area contributed by atoms with Crippen LogP contribution in [-0.2, 0) is 14.3 Å². The molecule has 1 aromatic heterocycles. The molecular formula is C19H23N5O3. The molecule has 8 nitrogen and oxygen atoms in total. The molecule has 1 fully saturated rings. The fourth-order valence-electron chi connectivity index (χ4n) is 2.98. The van der Waals surface area contributed by atoms with E-state index in [0.717, 1.165) is 5.52 Å². The second kappa shape index (κ2) is 9.26. The van der Waals surface area contributed by atoms with E-state index in [9.17, 15) is 10.1 Å². The zero-order chi connectivity index (χ0) is 19.1. The molecule has 1 saturated heterocycles. The number of carbonyl (C=O) groups is 1. The Hall–Kier alpha value is -2.76. The van der Waals surface area contributed by atoms with Gasteiger partial charge in [0.2, 0.25) is 5.91 Å². The summed E-state index contributed by atoms with van der Waals surface area (Å²) in [5.41, 5.74) is 1.79. The molecule has 1 aliphatic rings. The van der Waals surface area contributed by atoms with Gasteiger partial charge in [0.1, 0.15) is 5.69 Å². The van der Waals surface area contributed by atoms with Crippen molar-refractivity contribution < 1.29 is 14.3 Å². The number of carbonyl (C=O) groups excluding carboxylic acids is 1. The fourth-order valence-corrected chi connectivity index (χ4v) is 2.98. The smallest absolute Gasteiger partial charge is 0.243 e. The SMILES string of the molecule is COCCCNC(=O)[C@H](C#N)c1nc2ccccc2nc1N1CCOCC1. The predicted molar refractivity (Wildman–Crippen MR) is 100 cm³/mol. The number of nitrogens with one attached hydrogen (secondary N) is 1. The van der Waals surface area contributed by atoms with Crippen LogP contribution in [0.25, 0.3) is 11.0 Å². The highest BCUT2D eigenvalue weighted by molar-refractivity contribution is 5.88. The standard InChI is InChI=1S/C19H23N5O3/c1-26-10-4-7-21-19(25)14(13-20)17-18(24-8-11-27-12-9-24)23-16-6-3-2-5-15(16)22-17/h2-3,5-6,14H,4,7-12H2,1H3,(H,21,25)/t14-/m1/s1. The van der Waals surface area contributed by atoms with E-state index in [1.807, 2.05) is 29.2 Å². The first-order valence-electron chi connectivity index (χ1n) is 9.00. The third-order valence-corrected chi connectivity index (χ3v) is 4.38. The molecule has 142 valence electrons. The van der Waals surface area contributed by atoms with Crippen LogP contribution in [0, 0.1) is 11.3 Å². The number of hydrogen-bond acceptors (Lipinski definition) is 7. The monoisotopic (exact) mass is 369 g/mol. The maximum atomic E-state index is 12.6. The zero-order valence-corrected chi connectivity index (χ0v) is 15.4. The molecule has 1 amide bonds. The maximum absolute atomic E-state index is 12.6. The number of morpholine rings is 1. The van der Waals surface area contributed by atoms with Gasteiger partial charge in [0.15, 0.2) is 11.7 Å². The molecule has 1 atom stereocenters. The molecule has 0 radical (unpaired) electrons. The van der Waals surface area contributed by atoms with Crippen molar-refractivity contribution in [1.82, 2.24) is 15.3 Å². The Labute approximate surface area is 158 Å². The van der Waals surface area contributed by atoms with Crippen LogP contribution in [0.3, 0.4) is 0 Å². The molecule has 0 bridgehead atoms. The van der Waals surface area contributed by atoms with Crippen LogP contribution in [0.5, 0.6) is 0 Å². The number of anilines is 1. The Morgan fingerprint density at radius 3 is 2.70 bits per heavy atom. The summed E-state index contributed by atoms with van der Waals surface area (Å²) in [7, 11) is 1.61. The van der Waals surface area contributed by atoms with Crippen molar-refractivity contribution in [2.24, 2.45) is 0 Å². The van der Waals surface area contributed by atoms with Gasteiger partial charge in [0, 0.05) is 33.4 Å². The number of fused-ring (bicyclic) bond motifs is 1. The van der Waals surface area contributed by atoms with Gasteiger partial charge in [-0.05, 0) is 18.6 Å². The van der Waals surface area contributed by atoms with Crippen molar-refractivity contribution in [3.8, 4) is 6.07 Å². The van der Waals surface area contributed by atoms with Crippen molar-refractivity contribution in [3.05, 3.63) is 30.0 Å². The number of nitriles is 1. The van der Waals surface area contributed by atoms with Crippen LogP contribution in [0.15, 0.2) is 24.3 Å². The Bertz CT molecular complexity index is 830. The molecule has 2 aromatic rings. The first-order chi connectivity index (χ1) is 13.2. The first-order valence-corrected chi connectivity index (χ1v) is 9.00. The molecular weight excluding hydrogens is 346 g/mol. The van der Waals surface area contributed by atoms with Gasteiger partial charge in [0.25, 0.3) is 0 Å². The van der Waals surface area contributed by atoms with Gasteiger partial charge in [-0.3, -0.25) is 4.79 Å². The number of hydrogen-bond donors (Lipinski definition) is 1. The minimum absolute atomic E-state index is 0.368. The highest BCUT2D eigenvalue weighted by Gasteiger charge is 2.29. The van der Waals surface area contributed by atoms with E-state index in [-0.39, 0.29) is 5.91 Å². The zero-order valence-electron chi connectivity index (χ0n) is 15.4. The normalized spacial score (nSPS) is 15.3. The summed E-state index contributed by atoms with van der Waals surface area (Å²) in [6, 6.07) is 9.57. The predicted octanol–water partition coefficient (Wildman–Crippen LogP) is 1.23. The number of nitrogens with zero attached hydrogens (tertiary/aromatic N) is 4. The Balaban J connectivity index is 1.94. The molecule has 1 aromatic carbocycles. The Morgan fingerprint density at radius 1 is 1.33 bits per heavy atom. The van der Waals surface area contributed by atoms with Crippen LogP contribution in [0.2, 0.25) is 0 Å². The molecule has 2 heterocycles. The number of rotatable bonds is 7. The van der Waals surface area contributed by atoms with Crippen LogP contribution in [0.4, 0.5) is 5.82 Å². The lowest BCUT2D eigenvalue weighted by Gasteiger charge is -2.29. The van der Waals surface area contributed by atoms with E-state index >= 15 is 0 Å². The summed E-state index contributed by atoms with van der Waals surface area (Å²) in [5.74, 6) is -0.814. The number of methoxy groups -OCH3 is 1. The van der Waals surface area contributed by atoms with Gasteiger partial charge >= 0.3 is 0 Å². The van der Waals surface area contributed by atoms with Crippen molar-refractivity contribution in [2.45, 2.75) is 12.3 Å². The second-order valence-electron chi connectivity index (χ2n) is 6.22. The summed E-state index contributed by atoms with van der Waals surface area (Å²) in [6.45, 7) is 3.44. The molecule has 0 aliphatic carbocycles. The third kappa shape index (κ3) is 4.51. The minimum atomic E-state index is -1.03. The lowest BCUT2D eigenvalue weighted by Crippen LogP contribution is -2.39. The van der Waals surface area contributed by atoms with Gasteiger partial charge in [-0.1, -0.05) is 12.1 Å². The fraction of sp³-hybridized carbons (Fsp3) is 0.474. The van der Waals surface area contributed by atoms with E-state index in [1.54, 1.807) is 7.11 Å². The molecule has 27 heavy (non-hydrogen) atoms. The van der Waals surface area contributed by atoms with Gasteiger partial charge < -0.3 is 19.7 Å². The van der Waals surface area contributed by atoms with Gasteiger partial charge in [0.05, 0.1) is 30.3 Å². The summed E-state index contributed by atoms with van der Waals surface area (Å²) in [5, 5.41) is 12.5. The van der Waals surface area contributed by atoms with Crippen LogP contribution in [-0.4, -0.2) is 62.4 Å². The van der Waals surface area contributed by atoms with E-state index in [2.05, 4.69) is 16.4 Å². The third-order valence-electron chi connectivity index (χ3n) is 4.38. The van der Waals surface area contributed by atoms with Crippen molar-refractivity contribution in [2.75, 3.05) is 51.5 Å². The highest BCUT2D eigenvalue weighted by atomic mass is 16.5. The quantitative estimate of drug-likeness (QED) is 0.733. The average Bonchev–Trinajstić information content (AvgIpc) is 2.72. The van der Waals surface area contributed by atoms with Gasteiger partial charge in [-0.25, -0.2) is 9.97 Å². The van der Waals surface area contributed by atoms with Crippen molar-refractivity contribution in [3.63, 3.8) is 0 Å². The van der Waals surface area contributed by atoms with Gasteiger partial charge in [-0.15, -0.1) is 0 Å². The lowest BCUT2D eigenvalue weighted by atomic mass is 10.0. The molecule has 0 unspecified atom stereocenters. The van der Waals surface area contributed by atoms with Crippen molar-refractivity contribution in [1.29, 1.82) is 5.26 Å². The number of para-hydroxylation sites is 2. The van der Waals surface area contributed by atoms with Crippen LogP contribution < -0.4 is 10.2 Å². The minimum Gasteiger partial charge on any atom is -0.385 e. The van der Waals surface area contributed by atoms with Crippen molar-refractivity contribution >= 4 is 22.8 Å². The Kier molecular flexibility index (Phi) is 6.52. The maximum Gasteiger partial charge on any atom is 0.243 e. The summed E-state index contributed by atoms with van der Waals surface area (Å²) >= 11 is 0. The topological polar surface area (TPSA) is 100 Å². The molecule has 0 spiro atoms. The lowest BCUT2D eigenvalue weighted by molar-refractivity contribution is -0.121. The van der Waals surface area contributed by atoms with E-state index in [1.165, 1.54) is 0 Å². The highest BCUT2D eigenvalue weighted by Crippen LogP contribution is 2.27. The summed E-state index contributed by atoms with van der Waals surface area (Å²) in [4.78, 5) is 24.0. The molecule has 8 heteroatoms. The van der Waals surface area contributed by atoms with Crippen LogP contribution in [0.1, 0.15) is 18.0 Å². The summed E-state index contributed by atoms with van der Waals surface area (Å²) in [6.07, 6.45) is 0.681. The average molecular weight is 369 g/mol. The largest absolute Gasteiger partial charge is 0.385 e. The van der Waals surface area contributed by atoms with E-state index in [4.69, 9.17) is 14.5 Å². The molecule has 1 aliphatic heterocycles. The molecule has 0 saturated carbocycles. The first kappa shape index (κ1) is 19.0. The molecule has 3 rings (SSSR count). The Morgan fingerprint density at radius 2 is 2.04 bits per heavy atom. The second-order valence-corrected chi connectivity index (χ2v) is 6.22. The van der Waals surface area contributed by atoms with E-state index < -0.39 is 5.92 Å². The summed E-state index contributed by atoms with van der Waals surface area (Å²) < 4.78 is 10.4. The molecule has 1 N–H and O–H groups in total. The van der Waals surface area contributed by atoms with E-state index in [0.29, 0.717) is 62.9 Å². The van der Waals surface area contributed by atoms with Gasteiger partial charge in [-0.2, -0.15) is 5.26 Å².